The molecule has 0 radical (unpaired) electrons. The van der Waals surface area contributed by atoms with Gasteiger partial charge in [-0.3, -0.25) is 9.59 Å². The van der Waals surface area contributed by atoms with Gasteiger partial charge in [-0.25, -0.2) is 0 Å². The predicted octanol–water partition coefficient (Wildman–Crippen LogP) is 0.989. The van der Waals surface area contributed by atoms with E-state index in [9.17, 15) is 9.59 Å². The molecule has 2 amide bonds. The maximum Gasteiger partial charge on any atom is 0.242 e. The Balaban J connectivity index is 1.90. The highest BCUT2D eigenvalue weighted by molar-refractivity contribution is 5.85. The lowest BCUT2D eigenvalue weighted by Crippen LogP contribution is -2.47. The fourth-order valence-electron chi connectivity index (χ4n) is 3.25. The second-order valence-corrected chi connectivity index (χ2v) is 5.92. The maximum absolute atomic E-state index is 12.4. The average molecular weight is 281 g/mol. The SMILES string of the molecule is CNCC1CCCN1C(=O)CN1CCCCCCC1=O. The zero-order valence-electron chi connectivity index (χ0n) is 12.6. The minimum atomic E-state index is 0.122. The van der Waals surface area contributed by atoms with Gasteiger partial charge in [0.25, 0.3) is 0 Å². The van der Waals surface area contributed by atoms with Gasteiger partial charge in [-0.15, -0.1) is 0 Å². The Morgan fingerprint density at radius 2 is 2.00 bits per heavy atom. The summed E-state index contributed by atoms with van der Waals surface area (Å²) >= 11 is 0. The largest absolute Gasteiger partial charge is 0.337 e. The first-order valence-corrected chi connectivity index (χ1v) is 7.94. The summed E-state index contributed by atoms with van der Waals surface area (Å²) in [6.07, 6.45) is 7.06. The molecule has 0 aliphatic carbocycles. The normalized spacial score (nSPS) is 24.6. The van der Waals surface area contributed by atoms with E-state index in [0.29, 0.717) is 12.5 Å². The van der Waals surface area contributed by atoms with Crippen molar-refractivity contribution in [3.63, 3.8) is 0 Å². The summed E-state index contributed by atoms with van der Waals surface area (Å²) < 4.78 is 0. The molecule has 0 bridgehead atoms. The summed E-state index contributed by atoms with van der Waals surface area (Å²) in [6, 6.07) is 0.303. The molecule has 1 atom stereocenters. The minimum Gasteiger partial charge on any atom is -0.337 e. The number of likely N-dealkylation sites (tertiary alicyclic amines) is 2. The van der Waals surface area contributed by atoms with Crippen LogP contribution in [0.5, 0.6) is 0 Å². The van der Waals surface area contributed by atoms with Gasteiger partial charge in [0.05, 0.1) is 6.54 Å². The Morgan fingerprint density at radius 1 is 1.20 bits per heavy atom. The first kappa shape index (κ1) is 15.3. The number of rotatable bonds is 4. The number of carbonyl (C=O) groups is 2. The van der Waals surface area contributed by atoms with Crippen LogP contribution in [0.2, 0.25) is 0 Å². The van der Waals surface area contributed by atoms with Crippen molar-refractivity contribution in [2.24, 2.45) is 0 Å². The number of likely N-dealkylation sites (N-methyl/N-ethyl adjacent to an activating group) is 1. The predicted molar refractivity (Wildman–Crippen MR) is 78.3 cm³/mol. The Bertz CT molecular complexity index is 346. The van der Waals surface area contributed by atoms with Crippen LogP contribution < -0.4 is 5.32 Å². The van der Waals surface area contributed by atoms with E-state index in [1.54, 1.807) is 4.90 Å². The number of carbonyl (C=O) groups excluding carboxylic acids is 2. The van der Waals surface area contributed by atoms with Crippen molar-refractivity contribution in [1.29, 1.82) is 0 Å². The average Bonchev–Trinajstić information content (AvgIpc) is 2.87. The van der Waals surface area contributed by atoms with Crippen molar-refractivity contribution in [3.05, 3.63) is 0 Å². The van der Waals surface area contributed by atoms with Crippen LogP contribution in [0, 0.1) is 0 Å². The lowest BCUT2D eigenvalue weighted by molar-refractivity contribution is -0.141. The van der Waals surface area contributed by atoms with E-state index in [-0.39, 0.29) is 18.4 Å². The van der Waals surface area contributed by atoms with Crippen LogP contribution in [0.25, 0.3) is 0 Å². The molecule has 5 heteroatoms. The Hall–Kier alpha value is -1.10. The second kappa shape index (κ2) is 7.62. The monoisotopic (exact) mass is 281 g/mol. The van der Waals surface area contributed by atoms with E-state index in [4.69, 9.17) is 0 Å². The number of amides is 2. The van der Waals surface area contributed by atoms with Crippen LogP contribution in [-0.2, 0) is 9.59 Å². The summed E-state index contributed by atoms with van der Waals surface area (Å²) in [7, 11) is 1.92. The molecule has 1 N–H and O–H groups in total. The Labute approximate surface area is 121 Å². The van der Waals surface area contributed by atoms with Crippen molar-refractivity contribution in [1.82, 2.24) is 15.1 Å². The molecule has 0 spiro atoms. The lowest BCUT2D eigenvalue weighted by Gasteiger charge is -2.29. The van der Waals surface area contributed by atoms with Crippen molar-refractivity contribution < 1.29 is 9.59 Å². The smallest absolute Gasteiger partial charge is 0.242 e. The summed E-state index contributed by atoms with van der Waals surface area (Å²) in [5.74, 6) is 0.277. The van der Waals surface area contributed by atoms with E-state index < -0.39 is 0 Å². The first-order chi connectivity index (χ1) is 9.72. The van der Waals surface area contributed by atoms with Gasteiger partial charge in [0, 0.05) is 32.1 Å². The molecule has 114 valence electrons. The Morgan fingerprint density at radius 3 is 2.80 bits per heavy atom. The number of nitrogens with zero attached hydrogens (tertiary/aromatic N) is 2. The third kappa shape index (κ3) is 3.95. The quantitative estimate of drug-likeness (QED) is 0.836. The fraction of sp³-hybridized carbons (Fsp3) is 0.867. The molecule has 0 aromatic rings. The van der Waals surface area contributed by atoms with Crippen molar-refractivity contribution >= 4 is 11.8 Å². The molecule has 0 saturated carbocycles. The molecule has 5 nitrogen and oxygen atoms in total. The van der Waals surface area contributed by atoms with Gasteiger partial charge in [0.2, 0.25) is 11.8 Å². The van der Waals surface area contributed by atoms with Gasteiger partial charge in [0.15, 0.2) is 0 Å². The van der Waals surface area contributed by atoms with E-state index in [2.05, 4.69) is 5.32 Å². The molecular weight excluding hydrogens is 254 g/mol. The van der Waals surface area contributed by atoms with Crippen molar-refractivity contribution in [2.75, 3.05) is 33.2 Å². The van der Waals surface area contributed by atoms with E-state index in [1.165, 1.54) is 6.42 Å². The molecular formula is C15H27N3O2. The first-order valence-electron chi connectivity index (χ1n) is 7.94. The number of hydrogen-bond acceptors (Lipinski definition) is 3. The molecule has 0 aromatic heterocycles. The summed E-state index contributed by atoms with van der Waals surface area (Å²) in [6.45, 7) is 2.71. The highest BCUT2D eigenvalue weighted by atomic mass is 16.2. The molecule has 2 fully saturated rings. The standard InChI is InChI=1S/C15H27N3O2/c1-16-11-13-7-6-10-18(13)15(20)12-17-9-5-3-2-4-8-14(17)19/h13,16H,2-12H2,1H3. The fourth-order valence-corrected chi connectivity index (χ4v) is 3.25. The summed E-state index contributed by atoms with van der Waals surface area (Å²) in [4.78, 5) is 28.2. The van der Waals surface area contributed by atoms with Gasteiger partial charge in [-0.05, 0) is 32.7 Å². The van der Waals surface area contributed by atoms with Crippen molar-refractivity contribution in [3.8, 4) is 0 Å². The maximum atomic E-state index is 12.4. The van der Waals surface area contributed by atoms with E-state index in [1.807, 2.05) is 11.9 Å². The van der Waals surface area contributed by atoms with E-state index >= 15 is 0 Å². The van der Waals surface area contributed by atoms with E-state index in [0.717, 1.165) is 51.7 Å². The molecule has 2 aliphatic heterocycles. The van der Waals surface area contributed by atoms with Crippen LogP contribution in [-0.4, -0.2) is 60.9 Å². The summed E-state index contributed by atoms with van der Waals surface area (Å²) in [5, 5.41) is 3.15. The van der Waals surface area contributed by atoms with Gasteiger partial charge in [0.1, 0.15) is 0 Å². The molecule has 1 unspecified atom stereocenters. The van der Waals surface area contributed by atoms with Crippen LogP contribution in [0.15, 0.2) is 0 Å². The molecule has 2 heterocycles. The van der Waals surface area contributed by atoms with Crippen molar-refractivity contribution in [2.45, 2.75) is 51.0 Å². The number of hydrogen-bond donors (Lipinski definition) is 1. The van der Waals surface area contributed by atoms with Gasteiger partial charge >= 0.3 is 0 Å². The molecule has 2 aliphatic rings. The Kier molecular flexibility index (Phi) is 5.83. The van der Waals surface area contributed by atoms with Crippen LogP contribution in [0.1, 0.15) is 44.9 Å². The van der Waals surface area contributed by atoms with Gasteiger partial charge in [-0.2, -0.15) is 0 Å². The van der Waals surface area contributed by atoms with Crippen LogP contribution >= 0.6 is 0 Å². The van der Waals surface area contributed by atoms with Gasteiger partial charge in [-0.1, -0.05) is 12.8 Å². The molecule has 2 saturated heterocycles. The van der Waals surface area contributed by atoms with Gasteiger partial charge < -0.3 is 15.1 Å². The highest BCUT2D eigenvalue weighted by Gasteiger charge is 2.29. The third-order valence-electron chi connectivity index (χ3n) is 4.38. The van der Waals surface area contributed by atoms with Crippen LogP contribution in [0.3, 0.4) is 0 Å². The van der Waals surface area contributed by atoms with Crippen LogP contribution in [0.4, 0.5) is 0 Å². The lowest BCUT2D eigenvalue weighted by atomic mass is 10.1. The highest BCUT2D eigenvalue weighted by Crippen LogP contribution is 2.18. The third-order valence-corrected chi connectivity index (χ3v) is 4.38. The second-order valence-electron chi connectivity index (χ2n) is 5.92. The molecule has 20 heavy (non-hydrogen) atoms. The minimum absolute atomic E-state index is 0.122. The summed E-state index contributed by atoms with van der Waals surface area (Å²) in [5.41, 5.74) is 0. The topological polar surface area (TPSA) is 52.7 Å². The number of nitrogens with one attached hydrogen (secondary N) is 1. The molecule has 0 aromatic carbocycles. The zero-order chi connectivity index (χ0) is 14.4. The zero-order valence-corrected chi connectivity index (χ0v) is 12.6. The molecule has 2 rings (SSSR count).